The van der Waals surface area contributed by atoms with Gasteiger partial charge in [-0.15, -0.1) is 0 Å². The first-order valence-electron chi connectivity index (χ1n) is 8.04. The van der Waals surface area contributed by atoms with Crippen molar-refractivity contribution in [2.75, 3.05) is 0 Å². The van der Waals surface area contributed by atoms with Gasteiger partial charge in [0.15, 0.2) is 0 Å². The molecule has 0 bridgehead atoms. The Morgan fingerprint density at radius 1 is 0.577 bits per heavy atom. The summed E-state index contributed by atoms with van der Waals surface area (Å²) in [6, 6.07) is 23.3. The average molecular weight is 330 g/mol. The first-order chi connectivity index (χ1) is 12.8. The summed E-state index contributed by atoms with van der Waals surface area (Å²) in [6.45, 7) is 0. The van der Waals surface area contributed by atoms with Gasteiger partial charge >= 0.3 is 0 Å². The molecule has 0 unspecified atom stereocenters. The smallest absolute Gasteiger partial charge is 0.134 e. The van der Waals surface area contributed by atoms with Crippen LogP contribution in [0.2, 0.25) is 0 Å². The second kappa shape index (κ2) is 5.75. The molecular weight excluding hydrogens is 320 g/mol. The summed E-state index contributed by atoms with van der Waals surface area (Å²) in [5.74, 6) is -0.464. The Labute approximate surface area is 150 Å². The van der Waals surface area contributed by atoms with Gasteiger partial charge < -0.3 is 0 Å². The number of nitrogens with zero attached hydrogens (tertiary/aromatic N) is 4. The summed E-state index contributed by atoms with van der Waals surface area (Å²) in [7, 11) is 0. The van der Waals surface area contributed by atoms with Gasteiger partial charge in [-0.1, -0.05) is 48.5 Å². The molecule has 0 fully saturated rings. The molecule has 4 rings (SSSR count). The van der Waals surface area contributed by atoms with Crippen molar-refractivity contribution in [2.24, 2.45) is 0 Å². The number of hydrogen-bond donors (Lipinski definition) is 0. The van der Waals surface area contributed by atoms with Crippen LogP contribution in [0.4, 0.5) is 0 Å². The number of rotatable bonds is 0. The second-order valence-electron chi connectivity index (χ2n) is 6.15. The van der Waals surface area contributed by atoms with Crippen LogP contribution >= 0.6 is 0 Å². The van der Waals surface area contributed by atoms with Crippen LogP contribution < -0.4 is 0 Å². The lowest BCUT2D eigenvalue weighted by molar-refractivity contribution is 0.846. The van der Waals surface area contributed by atoms with E-state index in [1.54, 1.807) is 0 Å². The lowest BCUT2D eigenvalue weighted by Gasteiger charge is -2.14. The largest absolute Gasteiger partial charge is 0.192 e. The molecule has 118 valence electrons. The highest BCUT2D eigenvalue weighted by Gasteiger charge is 2.48. The number of benzene rings is 2. The first kappa shape index (κ1) is 15.4. The van der Waals surface area contributed by atoms with E-state index in [4.69, 9.17) is 0 Å². The van der Waals surface area contributed by atoms with Crippen molar-refractivity contribution in [3.8, 4) is 24.3 Å². The predicted molar refractivity (Wildman–Crippen MR) is 94.7 cm³/mol. The zero-order chi connectivity index (χ0) is 18.3. The Bertz CT molecular complexity index is 1060. The molecule has 0 saturated carbocycles. The summed E-state index contributed by atoms with van der Waals surface area (Å²) in [5, 5.41) is 38.0. The van der Waals surface area contributed by atoms with E-state index in [1.807, 2.05) is 72.8 Å². The van der Waals surface area contributed by atoms with Gasteiger partial charge in [-0.05, 0) is 33.4 Å². The fraction of sp³-hybridized carbons (Fsp3) is 0.0909. The third kappa shape index (κ3) is 1.85. The van der Waals surface area contributed by atoms with E-state index < -0.39 is 0 Å². The molecule has 0 aromatic heterocycles. The van der Waals surface area contributed by atoms with Crippen molar-refractivity contribution in [3.63, 3.8) is 0 Å². The van der Waals surface area contributed by atoms with Gasteiger partial charge in [-0.25, -0.2) is 0 Å². The fourth-order valence-corrected chi connectivity index (χ4v) is 4.24. The van der Waals surface area contributed by atoms with Crippen molar-refractivity contribution in [2.45, 2.75) is 11.8 Å². The number of allylic oxidation sites excluding steroid dienone is 4. The molecule has 2 aromatic rings. The Morgan fingerprint density at radius 3 is 1.27 bits per heavy atom. The monoisotopic (exact) mass is 330 g/mol. The first-order valence-corrected chi connectivity index (χ1v) is 8.04. The minimum atomic E-state index is -0.232. The minimum Gasteiger partial charge on any atom is -0.192 e. The van der Waals surface area contributed by atoms with E-state index >= 15 is 0 Å². The molecule has 2 atom stereocenters. The van der Waals surface area contributed by atoms with Crippen LogP contribution in [0.25, 0.3) is 11.1 Å². The van der Waals surface area contributed by atoms with Crippen LogP contribution in [-0.2, 0) is 0 Å². The highest BCUT2D eigenvalue weighted by Crippen LogP contribution is 2.63. The highest BCUT2D eigenvalue weighted by atomic mass is 14.5. The lowest BCUT2D eigenvalue weighted by Crippen LogP contribution is -2.01. The summed E-state index contributed by atoms with van der Waals surface area (Å²) < 4.78 is 0. The molecule has 0 amide bonds. The topological polar surface area (TPSA) is 95.2 Å². The van der Waals surface area contributed by atoms with Crippen LogP contribution in [0.15, 0.2) is 59.7 Å². The van der Waals surface area contributed by atoms with Crippen molar-refractivity contribution in [1.29, 1.82) is 21.0 Å². The van der Waals surface area contributed by atoms with Crippen LogP contribution in [0.5, 0.6) is 0 Å². The minimum absolute atomic E-state index is 0.0801. The lowest BCUT2D eigenvalue weighted by atomic mass is 9.86. The van der Waals surface area contributed by atoms with E-state index in [0.29, 0.717) is 11.1 Å². The van der Waals surface area contributed by atoms with E-state index in [1.165, 1.54) is 0 Å². The summed E-state index contributed by atoms with van der Waals surface area (Å²) in [5.41, 5.74) is 5.13. The number of nitriles is 4. The van der Waals surface area contributed by atoms with Crippen LogP contribution in [-0.4, -0.2) is 0 Å². The zero-order valence-corrected chi connectivity index (χ0v) is 13.6. The van der Waals surface area contributed by atoms with Crippen LogP contribution in [0, 0.1) is 45.3 Å². The Balaban J connectivity index is 2.17. The van der Waals surface area contributed by atoms with Crippen molar-refractivity contribution < 1.29 is 0 Å². The van der Waals surface area contributed by atoms with Gasteiger partial charge in [0, 0.05) is 11.8 Å². The predicted octanol–water partition coefficient (Wildman–Crippen LogP) is 4.18. The van der Waals surface area contributed by atoms with E-state index in [-0.39, 0.29) is 23.0 Å². The molecule has 0 heterocycles. The van der Waals surface area contributed by atoms with Gasteiger partial charge in [0.1, 0.15) is 35.4 Å². The van der Waals surface area contributed by atoms with Crippen LogP contribution in [0.3, 0.4) is 0 Å². The average Bonchev–Trinajstić information content (AvgIpc) is 3.19. The molecule has 0 radical (unpaired) electrons. The van der Waals surface area contributed by atoms with Gasteiger partial charge in [0.25, 0.3) is 0 Å². The van der Waals surface area contributed by atoms with E-state index in [2.05, 4.69) is 0 Å². The van der Waals surface area contributed by atoms with E-state index in [9.17, 15) is 21.0 Å². The van der Waals surface area contributed by atoms with Gasteiger partial charge in [0.2, 0.25) is 0 Å². The fourth-order valence-electron chi connectivity index (χ4n) is 4.24. The standard InChI is InChI=1S/C22H10N4/c23-9-13(10-24)19-15-5-1-3-7-17(15)21-20(14(11-25)12-26)16-6-2-4-8-18(16)22(19)21/h1-8,21-22H/t21-,22-/m0/s1. The van der Waals surface area contributed by atoms with Crippen molar-refractivity contribution in [1.82, 2.24) is 0 Å². The SMILES string of the molecule is N#CC(C#N)=C1c2ccccc2[C@H]2C(=C(C#N)C#N)c3ccccc3[C@@H]12. The van der Waals surface area contributed by atoms with Gasteiger partial charge in [0.05, 0.1) is 0 Å². The Morgan fingerprint density at radius 2 is 0.923 bits per heavy atom. The summed E-state index contributed by atoms with van der Waals surface area (Å²) in [6.07, 6.45) is 0. The number of hydrogen-bond acceptors (Lipinski definition) is 4. The number of fused-ring (bicyclic) bond motifs is 5. The third-order valence-electron chi connectivity index (χ3n) is 5.11. The molecule has 0 spiro atoms. The van der Waals surface area contributed by atoms with Gasteiger partial charge in [-0.2, -0.15) is 21.0 Å². The maximum Gasteiger partial charge on any atom is 0.134 e. The van der Waals surface area contributed by atoms with E-state index in [0.717, 1.165) is 22.3 Å². The molecule has 2 aliphatic rings. The van der Waals surface area contributed by atoms with Crippen molar-refractivity contribution >= 4 is 11.1 Å². The molecule has 4 nitrogen and oxygen atoms in total. The third-order valence-corrected chi connectivity index (χ3v) is 5.11. The Kier molecular flexibility index (Phi) is 3.41. The molecule has 0 N–H and O–H groups in total. The molecule has 0 saturated heterocycles. The molecular formula is C22H10N4. The molecule has 0 aliphatic heterocycles. The Hall–Kier alpha value is -4.12. The van der Waals surface area contributed by atoms with Crippen molar-refractivity contribution in [3.05, 3.63) is 81.9 Å². The molecule has 4 heteroatoms. The van der Waals surface area contributed by atoms with Gasteiger partial charge in [-0.3, -0.25) is 0 Å². The van der Waals surface area contributed by atoms with Crippen LogP contribution in [0.1, 0.15) is 34.1 Å². The molecule has 2 aromatic carbocycles. The quantitative estimate of drug-likeness (QED) is 0.677. The summed E-state index contributed by atoms with van der Waals surface area (Å²) >= 11 is 0. The summed E-state index contributed by atoms with van der Waals surface area (Å²) in [4.78, 5) is 0. The normalized spacial score (nSPS) is 18.5. The highest BCUT2D eigenvalue weighted by molar-refractivity contribution is 5.98. The maximum atomic E-state index is 9.50. The second-order valence-corrected chi connectivity index (χ2v) is 6.15. The maximum absolute atomic E-state index is 9.50. The zero-order valence-electron chi connectivity index (χ0n) is 13.6. The molecule has 2 aliphatic carbocycles. The molecule has 26 heavy (non-hydrogen) atoms.